The Labute approximate surface area is 165 Å². The van der Waals surface area contributed by atoms with Crippen molar-refractivity contribution >= 4 is 52.0 Å². The number of likely N-dealkylation sites (N-methyl/N-ethyl adjacent to an activating group) is 1. The Kier molecular flexibility index (Phi) is 6.65. The van der Waals surface area contributed by atoms with Crippen molar-refractivity contribution in [3.63, 3.8) is 0 Å². The third kappa shape index (κ3) is 3.60. The highest BCUT2D eigenvalue weighted by Gasteiger charge is 2.42. The number of rotatable bonds is 5. The molecular formula is C17H22Cl2FN3O2S. The Morgan fingerprint density at radius 3 is 2.38 bits per heavy atom. The van der Waals surface area contributed by atoms with Gasteiger partial charge in [0.15, 0.2) is 0 Å². The van der Waals surface area contributed by atoms with Gasteiger partial charge in [-0.25, -0.2) is 13.0 Å². The number of para-hydroxylation sites is 2. The maximum absolute atomic E-state index is 13.4. The number of fused-ring (bicyclic) bond motifs is 1. The molecule has 0 radical (unpaired) electrons. The van der Waals surface area contributed by atoms with Crippen LogP contribution in [0.4, 0.5) is 21.5 Å². The molecule has 9 heteroatoms. The molecule has 3 N–H and O–H groups in total. The van der Waals surface area contributed by atoms with Crippen LogP contribution in [0.2, 0.25) is 5.02 Å². The summed E-state index contributed by atoms with van der Waals surface area (Å²) < 4.78 is 38.5. The zero-order valence-corrected chi connectivity index (χ0v) is 16.8. The minimum atomic E-state index is -3.37. The maximum Gasteiger partial charge on any atom is 0.124 e. The molecule has 0 spiro atoms. The summed E-state index contributed by atoms with van der Waals surface area (Å²) in [6, 6.07) is 11.3. The van der Waals surface area contributed by atoms with E-state index in [-0.39, 0.29) is 23.5 Å². The Hall–Kier alpha value is -1.22. The summed E-state index contributed by atoms with van der Waals surface area (Å²) >= 11 is 6.19. The predicted octanol–water partition coefficient (Wildman–Crippen LogP) is 5.44. The van der Waals surface area contributed by atoms with Crippen LogP contribution in [-0.2, 0) is 0 Å². The number of hydrogen-bond acceptors (Lipinski definition) is 5. The van der Waals surface area contributed by atoms with Crippen LogP contribution in [0.1, 0.15) is 13.3 Å². The molecule has 1 heterocycles. The topological polar surface area (TPSA) is 59.0 Å². The Morgan fingerprint density at radius 2 is 1.81 bits per heavy atom. The lowest BCUT2D eigenvalue weighted by molar-refractivity contribution is 0.473. The van der Waals surface area contributed by atoms with E-state index in [1.165, 1.54) is 22.5 Å². The SMILES string of the molecule is CCC(CN1c2ccccc2N(c2ccc(F)cc2Cl)S1(O)O)NC.Cl. The average molecular weight is 422 g/mol. The molecule has 1 unspecified atom stereocenters. The first-order chi connectivity index (χ1) is 11.9. The second-order valence-corrected chi connectivity index (χ2v) is 8.02. The highest BCUT2D eigenvalue weighted by atomic mass is 35.5. The van der Waals surface area contributed by atoms with Crippen molar-refractivity contribution in [2.75, 3.05) is 22.2 Å². The van der Waals surface area contributed by atoms with Crippen molar-refractivity contribution in [1.29, 1.82) is 0 Å². The van der Waals surface area contributed by atoms with Crippen LogP contribution in [0.25, 0.3) is 0 Å². The molecule has 3 rings (SSSR count). The zero-order valence-electron chi connectivity index (χ0n) is 14.4. The summed E-state index contributed by atoms with van der Waals surface area (Å²) in [6.07, 6.45) is 0.835. The third-order valence-electron chi connectivity index (χ3n) is 4.33. The summed E-state index contributed by atoms with van der Waals surface area (Å²) in [7, 11) is -1.53. The molecule has 5 nitrogen and oxygen atoms in total. The number of benzene rings is 2. The number of hydrogen-bond donors (Lipinski definition) is 3. The third-order valence-corrected chi connectivity index (χ3v) is 6.45. The van der Waals surface area contributed by atoms with Gasteiger partial charge in [0.2, 0.25) is 0 Å². The Morgan fingerprint density at radius 1 is 1.15 bits per heavy atom. The van der Waals surface area contributed by atoms with Gasteiger partial charge in [-0.3, -0.25) is 9.11 Å². The zero-order chi connectivity index (χ0) is 18.2. The summed E-state index contributed by atoms with van der Waals surface area (Å²) in [5.74, 6) is -0.476. The molecule has 1 aliphatic rings. The van der Waals surface area contributed by atoms with Crippen LogP contribution in [-0.4, -0.2) is 28.7 Å². The van der Waals surface area contributed by atoms with Crippen molar-refractivity contribution in [1.82, 2.24) is 5.32 Å². The molecule has 144 valence electrons. The van der Waals surface area contributed by atoms with Crippen LogP contribution in [0.5, 0.6) is 0 Å². The molecule has 1 aliphatic heterocycles. The van der Waals surface area contributed by atoms with E-state index in [4.69, 9.17) is 11.6 Å². The van der Waals surface area contributed by atoms with Gasteiger partial charge in [0, 0.05) is 6.04 Å². The van der Waals surface area contributed by atoms with E-state index < -0.39 is 16.8 Å². The smallest absolute Gasteiger partial charge is 0.124 e. The molecule has 0 fully saturated rings. The first-order valence-corrected chi connectivity index (χ1v) is 9.81. The van der Waals surface area contributed by atoms with Crippen LogP contribution in [0, 0.1) is 5.82 Å². The minimum Gasteiger partial charge on any atom is -0.315 e. The van der Waals surface area contributed by atoms with Crippen LogP contribution < -0.4 is 13.9 Å². The maximum atomic E-state index is 13.4. The van der Waals surface area contributed by atoms with Gasteiger partial charge in [-0.2, -0.15) is 0 Å². The molecule has 1 atom stereocenters. The molecule has 0 saturated heterocycles. The molecule has 2 aromatic carbocycles. The van der Waals surface area contributed by atoms with Gasteiger partial charge < -0.3 is 5.32 Å². The van der Waals surface area contributed by atoms with E-state index in [0.717, 1.165) is 6.42 Å². The summed E-state index contributed by atoms with van der Waals surface area (Å²) in [4.78, 5) is 0. The second kappa shape index (κ2) is 8.21. The van der Waals surface area contributed by atoms with Crippen LogP contribution in [0.3, 0.4) is 0 Å². The quantitative estimate of drug-likeness (QED) is 0.599. The molecule has 0 amide bonds. The highest BCUT2D eigenvalue weighted by molar-refractivity contribution is 8.27. The van der Waals surface area contributed by atoms with E-state index in [9.17, 15) is 13.5 Å². The second-order valence-electron chi connectivity index (χ2n) is 5.82. The average Bonchev–Trinajstić information content (AvgIpc) is 2.80. The number of nitrogens with zero attached hydrogens (tertiary/aromatic N) is 2. The van der Waals surface area contributed by atoms with E-state index >= 15 is 0 Å². The summed E-state index contributed by atoms with van der Waals surface area (Å²) in [6.45, 7) is 2.45. The normalized spacial score (nSPS) is 17.5. The van der Waals surface area contributed by atoms with Crippen molar-refractivity contribution in [3.05, 3.63) is 53.3 Å². The van der Waals surface area contributed by atoms with Gasteiger partial charge in [-0.1, -0.05) is 30.7 Å². The largest absolute Gasteiger partial charge is 0.315 e. The first-order valence-electron chi connectivity index (χ1n) is 7.97. The predicted molar refractivity (Wildman–Crippen MR) is 111 cm³/mol. The van der Waals surface area contributed by atoms with Crippen molar-refractivity contribution in [3.8, 4) is 0 Å². The van der Waals surface area contributed by atoms with Gasteiger partial charge in [-0.15, -0.1) is 12.4 Å². The van der Waals surface area contributed by atoms with Gasteiger partial charge in [0.1, 0.15) is 5.82 Å². The fraction of sp³-hybridized carbons (Fsp3) is 0.294. The molecule has 26 heavy (non-hydrogen) atoms. The van der Waals surface area contributed by atoms with Gasteiger partial charge >= 0.3 is 0 Å². The van der Waals surface area contributed by atoms with Crippen molar-refractivity contribution in [2.45, 2.75) is 19.4 Å². The van der Waals surface area contributed by atoms with Crippen LogP contribution in [0.15, 0.2) is 42.5 Å². The van der Waals surface area contributed by atoms with E-state index in [2.05, 4.69) is 5.32 Å². The number of nitrogens with one attached hydrogen (secondary N) is 1. The van der Waals surface area contributed by atoms with Gasteiger partial charge in [0.05, 0.1) is 28.6 Å². The lowest BCUT2D eigenvalue weighted by Crippen LogP contribution is -2.41. The summed E-state index contributed by atoms with van der Waals surface area (Å²) in [5, 5.41) is 3.30. The monoisotopic (exact) mass is 421 g/mol. The minimum absolute atomic E-state index is 0. The summed E-state index contributed by atoms with van der Waals surface area (Å²) in [5.41, 5.74) is 1.69. The Bertz CT molecular complexity index is 777. The van der Waals surface area contributed by atoms with Gasteiger partial charge in [0.25, 0.3) is 0 Å². The molecule has 0 aliphatic carbocycles. The fourth-order valence-corrected chi connectivity index (χ4v) is 5.08. The number of anilines is 3. The lowest BCUT2D eigenvalue weighted by Gasteiger charge is -2.45. The highest BCUT2D eigenvalue weighted by Crippen LogP contribution is 2.64. The van der Waals surface area contributed by atoms with E-state index in [1.54, 1.807) is 10.4 Å². The molecular weight excluding hydrogens is 400 g/mol. The van der Waals surface area contributed by atoms with E-state index in [0.29, 0.717) is 23.6 Å². The van der Waals surface area contributed by atoms with Crippen LogP contribution >= 0.6 is 35.0 Å². The first kappa shape index (κ1) is 21.1. The van der Waals surface area contributed by atoms with E-state index in [1.807, 2.05) is 32.2 Å². The van der Waals surface area contributed by atoms with Crippen molar-refractivity contribution < 1.29 is 13.5 Å². The molecule has 0 saturated carbocycles. The molecule has 0 aromatic heterocycles. The lowest BCUT2D eigenvalue weighted by atomic mass is 10.2. The molecule has 0 bridgehead atoms. The fourth-order valence-electron chi connectivity index (χ4n) is 2.94. The van der Waals surface area contributed by atoms with Crippen molar-refractivity contribution in [2.24, 2.45) is 0 Å². The standard InChI is InChI=1S/C17H21ClFN3O2S.ClH/c1-3-13(20-2)11-21-16-6-4-5-7-17(16)22(25(21,23)24)15-9-8-12(19)10-14(15)18;/h4-10,13,20,23-24H,3,11H2,1-2H3;1H. The van der Waals surface area contributed by atoms with Gasteiger partial charge in [-0.05, 0) is 54.8 Å². The Balaban J connectivity index is 0.00000243. The molecule has 2 aromatic rings. The number of halogens is 3.